The van der Waals surface area contributed by atoms with Crippen LogP contribution in [0.4, 0.5) is 10.2 Å². The van der Waals surface area contributed by atoms with Gasteiger partial charge in [-0.2, -0.15) is 9.97 Å². The lowest BCUT2D eigenvalue weighted by Gasteiger charge is -2.39. The van der Waals surface area contributed by atoms with Gasteiger partial charge in [0.05, 0.1) is 5.02 Å². The number of amides is 1. The van der Waals surface area contributed by atoms with E-state index in [1.165, 1.54) is 6.08 Å². The second-order valence-corrected chi connectivity index (χ2v) is 12.0. The van der Waals surface area contributed by atoms with E-state index in [2.05, 4.69) is 28.4 Å². The first-order valence-electron chi connectivity index (χ1n) is 13.9. The molecule has 2 aliphatic rings. The average Bonchev–Trinajstić information content (AvgIpc) is 3.65. The number of anilines is 1. The molecular formula is C31H30ClFN6O2S. The molecule has 2 aromatic heterocycles. The Morgan fingerprint density at radius 3 is 2.88 bits per heavy atom. The summed E-state index contributed by atoms with van der Waals surface area (Å²) in [6.45, 7) is 13.7. The molecule has 0 N–H and O–H groups in total. The summed E-state index contributed by atoms with van der Waals surface area (Å²) in [7, 11) is 2.06. The Kier molecular flexibility index (Phi) is 7.99. The zero-order valence-corrected chi connectivity index (χ0v) is 24.8. The lowest BCUT2D eigenvalue weighted by Crippen LogP contribution is -2.56. The van der Waals surface area contributed by atoms with E-state index in [4.69, 9.17) is 27.9 Å². The van der Waals surface area contributed by atoms with Crippen LogP contribution < -0.4 is 9.64 Å². The van der Waals surface area contributed by atoms with Crippen molar-refractivity contribution < 1.29 is 13.9 Å². The molecule has 2 aliphatic heterocycles. The Morgan fingerprint density at radius 1 is 1.26 bits per heavy atom. The lowest BCUT2D eigenvalue weighted by molar-refractivity contribution is -0.128. The largest absolute Gasteiger partial charge is 0.462 e. The minimum Gasteiger partial charge on any atom is -0.462 e. The molecule has 0 aliphatic carbocycles. The van der Waals surface area contributed by atoms with Crippen LogP contribution in [-0.4, -0.2) is 84.1 Å². The summed E-state index contributed by atoms with van der Waals surface area (Å²) in [5, 5.41) is 3.60. The highest BCUT2D eigenvalue weighted by atomic mass is 35.5. The first-order chi connectivity index (χ1) is 20.4. The van der Waals surface area contributed by atoms with Crippen LogP contribution in [0.3, 0.4) is 0 Å². The number of ether oxygens (including phenoxy) is 1. The fourth-order valence-corrected chi connectivity index (χ4v) is 7.11. The molecule has 4 aromatic rings. The van der Waals surface area contributed by atoms with Gasteiger partial charge in [-0.25, -0.2) is 11.0 Å². The standard InChI is InChI=1S/C31H30ClFN6O2S/c1-4-26(40)39-13-12-38(17-20(39)16-34-2)30-23-15-24(32)27(22-8-5-9-25-21(22)10-14-42-25)28(33)29(23)35-31(36-30)41-18-19-7-6-11-37(19)3/h4-5,8-10,14-15,19-20H,1,6-7,11-13,16-18H2,3H3/t19-,20-/m0/s1. The quantitative estimate of drug-likeness (QED) is 0.193. The van der Waals surface area contributed by atoms with E-state index >= 15 is 4.39 Å². The molecule has 6 rings (SSSR count). The predicted octanol–water partition coefficient (Wildman–Crippen LogP) is 5.90. The lowest BCUT2D eigenvalue weighted by atomic mass is 9.99. The van der Waals surface area contributed by atoms with E-state index < -0.39 is 5.82 Å². The molecule has 8 nitrogen and oxygen atoms in total. The Hall–Kier alpha value is -3.78. The summed E-state index contributed by atoms with van der Waals surface area (Å²) in [5.74, 6) is -0.292. The molecular weight excluding hydrogens is 575 g/mol. The second-order valence-electron chi connectivity index (χ2n) is 10.7. The van der Waals surface area contributed by atoms with Crippen LogP contribution in [0.1, 0.15) is 12.8 Å². The van der Waals surface area contributed by atoms with Crippen LogP contribution >= 0.6 is 22.9 Å². The molecule has 0 spiro atoms. The summed E-state index contributed by atoms with van der Waals surface area (Å²) in [6.07, 6.45) is 3.37. The van der Waals surface area contributed by atoms with Gasteiger partial charge in [-0.1, -0.05) is 30.3 Å². The van der Waals surface area contributed by atoms with Crippen molar-refractivity contribution in [3.8, 4) is 17.1 Å². The molecule has 2 atom stereocenters. The fourth-order valence-electron chi connectivity index (χ4n) is 6.00. The van der Waals surface area contributed by atoms with Crippen LogP contribution in [0.5, 0.6) is 6.01 Å². The van der Waals surface area contributed by atoms with Crippen molar-refractivity contribution in [2.75, 3.05) is 51.3 Å². The molecule has 1 amide bonds. The first kappa shape index (κ1) is 28.3. The number of nitrogens with zero attached hydrogens (tertiary/aromatic N) is 6. The minimum atomic E-state index is -0.541. The third kappa shape index (κ3) is 5.17. The van der Waals surface area contributed by atoms with Gasteiger partial charge in [-0.15, -0.1) is 11.3 Å². The monoisotopic (exact) mass is 604 g/mol. The molecule has 2 fully saturated rings. The number of fused-ring (bicyclic) bond motifs is 2. The minimum absolute atomic E-state index is 0.0880. The van der Waals surface area contributed by atoms with Crippen molar-refractivity contribution in [1.82, 2.24) is 19.8 Å². The van der Waals surface area contributed by atoms with Crippen LogP contribution in [0.15, 0.2) is 48.4 Å². The predicted molar refractivity (Wildman–Crippen MR) is 166 cm³/mol. The Bertz CT molecular complexity index is 1720. The topological polar surface area (TPSA) is 66.2 Å². The maximum atomic E-state index is 16.6. The molecule has 11 heteroatoms. The van der Waals surface area contributed by atoms with Crippen LogP contribution in [0.25, 0.3) is 37.0 Å². The number of hydrogen-bond acceptors (Lipinski definition) is 7. The molecule has 2 aromatic carbocycles. The number of halogens is 2. The molecule has 0 unspecified atom stereocenters. The highest BCUT2D eigenvalue weighted by Crippen LogP contribution is 2.42. The SMILES string of the molecule is [C-]#[N+]C[C@H]1CN(c2nc(OC[C@@H]3CCCN3C)nc3c(F)c(-c4cccc5sccc45)c(Cl)cc23)CCN1C(=O)C=C. The summed E-state index contributed by atoms with van der Waals surface area (Å²) < 4.78 is 23.8. The third-order valence-electron chi connectivity index (χ3n) is 8.23. The number of carbonyl (C=O) groups excluding carboxylic acids is 1. The van der Waals surface area contributed by atoms with Gasteiger partial charge in [0.25, 0.3) is 0 Å². The fraction of sp³-hybridized carbons (Fsp3) is 0.355. The molecule has 42 heavy (non-hydrogen) atoms. The Labute approximate surface area is 252 Å². The average molecular weight is 605 g/mol. The Morgan fingerprint density at radius 2 is 2.12 bits per heavy atom. The number of benzene rings is 2. The number of likely N-dealkylation sites (N-methyl/N-ethyl adjacent to an activating group) is 1. The van der Waals surface area contributed by atoms with Gasteiger partial charge in [-0.3, -0.25) is 4.79 Å². The maximum absolute atomic E-state index is 16.6. The Balaban J connectivity index is 1.47. The van der Waals surface area contributed by atoms with Crippen molar-refractivity contribution in [2.24, 2.45) is 0 Å². The number of aromatic nitrogens is 2. The van der Waals surface area contributed by atoms with Gasteiger partial charge >= 0.3 is 6.01 Å². The van der Waals surface area contributed by atoms with Gasteiger partial charge in [0.1, 0.15) is 24.0 Å². The number of likely N-dealkylation sites (tertiary alicyclic amines) is 1. The summed E-state index contributed by atoms with van der Waals surface area (Å²) in [4.78, 5) is 31.3. The van der Waals surface area contributed by atoms with E-state index in [1.54, 1.807) is 22.3 Å². The van der Waals surface area contributed by atoms with E-state index in [1.807, 2.05) is 34.5 Å². The van der Waals surface area contributed by atoms with Crippen molar-refractivity contribution in [3.63, 3.8) is 0 Å². The van der Waals surface area contributed by atoms with Crippen molar-refractivity contribution in [1.29, 1.82) is 0 Å². The number of hydrogen-bond donors (Lipinski definition) is 0. The number of thiophene rings is 1. The molecule has 0 saturated carbocycles. The molecule has 216 valence electrons. The van der Waals surface area contributed by atoms with E-state index in [0.717, 1.165) is 29.5 Å². The smallest absolute Gasteiger partial charge is 0.319 e. The number of carbonyl (C=O) groups is 1. The van der Waals surface area contributed by atoms with Crippen LogP contribution in [-0.2, 0) is 4.79 Å². The van der Waals surface area contributed by atoms with Crippen molar-refractivity contribution in [2.45, 2.75) is 24.9 Å². The first-order valence-corrected chi connectivity index (χ1v) is 15.2. The van der Waals surface area contributed by atoms with Gasteiger partial charge in [0.15, 0.2) is 5.82 Å². The number of piperazine rings is 1. The molecule has 4 heterocycles. The van der Waals surface area contributed by atoms with Gasteiger partial charge in [0.2, 0.25) is 12.5 Å². The summed E-state index contributed by atoms with van der Waals surface area (Å²) in [6, 6.07) is 9.39. The highest BCUT2D eigenvalue weighted by Gasteiger charge is 2.34. The molecule has 0 radical (unpaired) electrons. The second kappa shape index (κ2) is 11.8. The van der Waals surface area contributed by atoms with Gasteiger partial charge in [-0.05, 0) is 61.7 Å². The zero-order valence-electron chi connectivity index (χ0n) is 23.2. The third-order valence-corrected chi connectivity index (χ3v) is 9.41. The normalized spacial score (nSPS) is 19.4. The zero-order chi connectivity index (χ0) is 29.4. The molecule has 2 saturated heterocycles. The summed E-state index contributed by atoms with van der Waals surface area (Å²) in [5.41, 5.74) is 1.10. The van der Waals surface area contributed by atoms with Gasteiger partial charge < -0.3 is 24.3 Å². The maximum Gasteiger partial charge on any atom is 0.319 e. The van der Waals surface area contributed by atoms with E-state index in [9.17, 15) is 4.79 Å². The van der Waals surface area contributed by atoms with Crippen LogP contribution in [0.2, 0.25) is 5.02 Å². The van der Waals surface area contributed by atoms with E-state index in [0.29, 0.717) is 43.0 Å². The highest BCUT2D eigenvalue weighted by molar-refractivity contribution is 7.17. The van der Waals surface area contributed by atoms with Crippen LogP contribution in [0, 0.1) is 12.4 Å². The van der Waals surface area contributed by atoms with Gasteiger partial charge in [0, 0.05) is 46.7 Å². The summed E-state index contributed by atoms with van der Waals surface area (Å²) >= 11 is 8.42. The van der Waals surface area contributed by atoms with Crippen molar-refractivity contribution in [3.05, 3.63) is 70.6 Å². The van der Waals surface area contributed by atoms with E-state index in [-0.39, 0.29) is 46.6 Å². The number of rotatable bonds is 7. The van der Waals surface area contributed by atoms with Crippen molar-refractivity contribution >= 4 is 55.7 Å². The molecule has 0 bridgehead atoms.